The van der Waals surface area contributed by atoms with Crippen LogP contribution in [0.4, 0.5) is 0 Å². The van der Waals surface area contributed by atoms with Crippen molar-refractivity contribution in [2.45, 2.75) is 26.4 Å². The van der Waals surface area contributed by atoms with E-state index in [9.17, 15) is 4.79 Å². The smallest absolute Gasteiger partial charge is 0.219 e. The third kappa shape index (κ3) is 4.65. The Labute approximate surface area is 114 Å². The Bertz CT molecular complexity index is 397. The molecule has 19 heavy (non-hydrogen) atoms. The van der Waals surface area contributed by atoms with Gasteiger partial charge in [0.15, 0.2) is 0 Å². The molecule has 4 nitrogen and oxygen atoms in total. The first-order valence-electron chi connectivity index (χ1n) is 6.92. The zero-order chi connectivity index (χ0) is 13.5. The second kappa shape index (κ2) is 7.26. The number of carbonyl (C=O) groups is 1. The van der Waals surface area contributed by atoms with Crippen molar-refractivity contribution in [1.82, 2.24) is 10.2 Å². The van der Waals surface area contributed by atoms with Crippen LogP contribution >= 0.6 is 0 Å². The molecule has 0 aromatic heterocycles. The summed E-state index contributed by atoms with van der Waals surface area (Å²) in [7, 11) is 0. The highest BCUT2D eigenvalue weighted by atomic mass is 16.5. The summed E-state index contributed by atoms with van der Waals surface area (Å²) in [6.07, 6.45) is 0.537. The van der Waals surface area contributed by atoms with Crippen LogP contribution in [0.2, 0.25) is 0 Å². The van der Waals surface area contributed by atoms with Crippen LogP contribution in [-0.4, -0.2) is 37.1 Å². The van der Waals surface area contributed by atoms with E-state index < -0.39 is 0 Å². The normalized spacial score (nSPS) is 16.3. The maximum Gasteiger partial charge on any atom is 0.219 e. The van der Waals surface area contributed by atoms with Crippen molar-refractivity contribution < 1.29 is 9.53 Å². The summed E-state index contributed by atoms with van der Waals surface area (Å²) in [6.45, 7) is 7.14. The van der Waals surface area contributed by atoms with Crippen molar-refractivity contribution in [1.29, 1.82) is 0 Å². The number of rotatable bonds is 5. The molecule has 4 heteroatoms. The van der Waals surface area contributed by atoms with Crippen molar-refractivity contribution in [2.24, 2.45) is 0 Å². The Balaban J connectivity index is 1.82. The predicted octanol–water partition coefficient (Wildman–Crippen LogP) is 1.54. The largest absolute Gasteiger partial charge is 0.379 e. The Hall–Kier alpha value is -1.39. The number of hydrogen-bond acceptors (Lipinski definition) is 3. The molecule has 1 heterocycles. The van der Waals surface area contributed by atoms with Gasteiger partial charge in [0.1, 0.15) is 0 Å². The number of hydrogen-bond donors (Lipinski definition) is 1. The molecule has 0 bridgehead atoms. The van der Waals surface area contributed by atoms with Crippen LogP contribution in [0.1, 0.15) is 24.5 Å². The Kier molecular flexibility index (Phi) is 5.36. The summed E-state index contributed by atoms with van der Waals surface area (Å²) in [5.41, 5.74) is 2.46. The fourth-order valence-corrected chi connectivity index (χ4v) is 2.11. The molecular weight excluding hydrogens is 240 g/mol. The quantitative estimate of drug-likeness (QED) is 0.875. The first kappa shape index (κ1) is 14.0. The highest BCUT2D eigenvalue weighted by molar-refractivity contribution is 5.75. The number of amides is 1. The van der Waals surface area contributed by atoms with Gasteiger partial charge in [0, 0.05) is 32.6 Å². The minimum Gasteiger partial charge on any atom is -0.379 e. The van der Waals surface area contributed by atoms with Crippen molar-refractivity contribution >= 4 is 5.91 Å². The van der Waals surface area contributed by atoms with Gasteiger partial charge in [-0.1, -0.05) is 31.2 Å². The van der Waals surface area contributed by atoms with E-state index in [-0.39, 0.29) is 5.91 Å². The standard InChI is InChI=1S/C15H22N2O2/c1-2-15(18)16-11-13-3-5-14(6-4-13)12-17-7-9-19-10-8-17/h3-6H,2,7-12H2,1H3,(H,16,18). The van der Waals surface area contributed by atoms with Crippen LogP contribution in [0.5, 0.6) is 0 Å². The summed E-state index contributed by atoms with van der Waals surface area (Å²) in [4.78, 5) is 13.6. The third-order valence-corrected chi connectivity index (χ3v) is 3.34. The van der Waals surface area contributed by atoms with Gasteiger partial charge in [0.05, 0.1) is 13.2 Å². The lowest BCUT2D eigenvalue weighted by molar-refractivity contribution is -0.120. The van der Waals surface area contributed by atoms with Gasteiger partial charge in [-0.25, -0.2) is 0 Å². The highest BCUT2D eigenvalue weighted by Gasteiger charge is 2.10. The molecule has 1 aromatic carbocycles. The van der Waals surface area contributed by atoms with Gasteiger partial charge < -0.3 is 10.1 Å². The van der Waals surface area contributed by atoms with Gasteiger partial charge in [-0.2, -0.15) is 0 Å². The van der Waals surface area contributed by atoms with E-state index in [0.717, 1.165) is 38.4 Å². The fourth-order valence-electron chi connectivity index (χ4n) is 2.11. The van der Waals surface area contributed by atoms with Gasteiger partial charge in [-0.15, -0.1) is 0 Å². The molecule has 0 aliphatic carbocycles. The average Bonchev–Trinajstić information content (AvgIpc) is 2.47. The maximum atomic E-state index is 11.2. The van der Waals surface area contributed by atoms with Crippen molar-refractivity contribution in [3.05, 3.63) is 35.4 Å². The van der Waals surface area contributed by atoms with E-state index in [4.69, 9.17) is 4.74 Å². The van der Waals surface area contributed by atoms with E-state index in [1.165, 1.54) is 5.56 Å². The number of ether oxygens (including phenoxy) is 1. The Morgan fingerprint density at radius 3 is 2.47 bits per heavy atom. The summed E-state index contributed by atoms with van der Waals surface area (Å²) in [5, 5.41) is 2.88. The first-order valence-corrected chi connectivity index (χ1v) is 6.92. The molecule has 0 atom stereocenters. The molecule has 104 valence electrons. The summed E-state index contributed by atoms with van der Waals surface area (Å²) >= 11 is 0. The number of nitrogens with one attached hydrogen (secondary N) is 1. The van der Waals surface area contributed by atoms with Crippen LogP contribution in [0.15, 0.2) is 24.3 Å². The van der Waals surface area contributed by atoms with Gasteiger partial charge in [0.25, 0.3) is 0 Å². The van der Waals surface area contributed by atoms with E-state index in [2.05, 4.69) is 34.5 Å². The molecule has 1 fully saturated rings. The molecule has 0 saturated carbocycles. The third-order valence-electron chi connectivity index (χ3n) is 3.34. The zero-order valence-corrected chi connectivity index (χ0v) is 11.5. The molecule has 1 amide bonds. The van der Waals surface area contributed by atoms with Crippen molar-refractivity contribution in [3.63, 3.8) is 0 Å². The summed E-state index contributed by atoms with van der Waals surface area (Å²) in [5.74, 6) is 0.0948. The Morgan fingerprint density at radius 2 is 1.84 bits per heavy atom. The molecule has 1 aromatic rings. The average molecular weight is 262 g/mol. The molecule has 0 radical (unpaired) electrons. The number of carbonyl (C=O) groups excluding carboxylic acids is 1. The molecule has 1 N–H and O–H groups in total. The predicted molar refractivity (Wildman–Crippen MR) is 74.7 cm³/mol. The topological polar surface area (TPSA) is 41.6 Å². The minimum atomic E-state index is 0.0948. The Morgan fingerprint density at radius 1 is 1.21 bits per heavy atom. The molecule has 0 unspecified atom stereocenters. The minimum absolute atomic E-state index is 0.0948. The van der Waals surface area contributed by atoms with Crippen LogP contribution in [0, 0.1) is 0 Å². The number of morpholine rings is 1. The van der Waals surface area contributed by atoms with Gasteiger partial charge >= 0.3 is 0 Å². The summed E-state index contributed by atoms with van der Waals surface area (Å²) < 4.78 is 5.34. The molecule has 1 aliphatic rings. The monoisotopic (exact) mass is 262 g/mol. The zero-order valence-electron chi connectivity index (χ0n) is 11.5. The molecule has 2 rings (SSSR count). The second-order valence-corrected chi connectivity index (χ2v) is 4.84. The molecule has 0 spiro atoms. The van der Waals surface area contributed by atoms with Crippen LogP contribution < -0.4 is 5.32 Å². The highest BCUT2D eigenvalue weighted by Crippen LogP contribution is 2.09. The van der Waals surface area contributed by atoms with Gasteiger partial charge in [-0.3, -0.25) is 9.69 Å². The van der Waals surface area contributed by atoms with E-state index >= 15 is 0 Å². The van der Waals surface area contributed by atoms with Gasteiger partial charge in [0.2, 0.25) is 5.91 Å². The lowest BCUT2D eigenvalue weighted by Crippen LogP contribution is -2.35. The fraction of sp³-hybridized carbons (Fsp3) is 0.533. The lowest BCUT2D eigenvalue weighted by Gasteiger charge is -2.26. The van der Waals surface area contributed by atoms with E-state index in [1.807, 2.05) is 6.92 Å². The van der Waals surface area contributed by atoms with E-state index in [0.29, 0.717) is 13.0 Å². The molecular formula is C15H22N2O2. The lowest BCUT2D eigenvalue weighted by atomic mass is 10.1. The van der Waals surface area contributed by atoms with Crippen LogP contribution in [0.25, 0.3) is 0 Å². The van der Waals surface area contributed by atoms with Gasteiger partial charge in [-0.05, 0) is 11.1 Å². The summed E-state index contributed by atoms with van der Waals surface area (Å²) in [6, 6.07) is 8.46. The van der Waals surface area contributed by atoms with E-state index in [1.54, 1.807) is 0 Å². The van der Waals surface area contributed by atoms with Crippen molar-refractivity contribution in [2.75, 3.05) is 26.3 Å². The van der Waals surface area contributed by atoms with Crippen LogP contribution in [0.3, 0.4) is 0 Å². The first-order chi connectivity index (χ1) is 9.28. The SMILES string of the molecule is CCC(=O)NCc1ccc(CN2CCOCC2)cc1. The maximum absolute atomic E-state index is 11.2. The second-order valence-electron chi connectivity index (χ2n) is 4.84. The number of nitrogens with zero attached hydrogens (tertiary/aromatic N) is 1. The van der Waals surface area contributed by atoms with Crippen LogP contribution in [-0.2, 0) is 22.6 Å². The molecule has 1 aliphatic heterocycles. The molecule has 1 saturated heterocycles. The number of benzene rings is 1. The van der Waals surface area contributed by atoms with Crippen molar-refractivity contribution in [3.8, 4) is 0 Å².